The second kappa shape index (κ2) is 6.82. The molecule has 2 aromatic heterocycles. The first-order valence-corrected chi connectivity index (χ1v) is 9.27. The third kappa shape index (κ3) is 3.58. The molecule has 0 bridgehead atoms. The number of aromatic amines is 1. The average Bonchev–Trinajstić information content (AvgIpc) is 3.01. The van der Waals surface area contributed by atoms with Crippen molar-refractivity contribution in [1.82, 2.24) is 19.9 Å². The summed E-state index contributed by atoms with van der Waals surface area (Å²) in [6.45, 7) is 4.11. The number of halogens is 2. The molecule has 0 radical (unpaired) electrons. The molecule has 3 aromatic rings. The molecule has 0 saturated carbocycles. The van der Waals surface area contributed by atoms with Crippen LogP contribution < -0.4 is 10.2 Å². The van der Waals surface area contributed by atoms with Gasteiger partial charge in [0.2, 0.25) is 5.95 Å². The molecule has 1 aromatic carbocycles. The number of nitrogens with one attached hydrogen (secondary N) is 2. The second-order valence-corrected chi connectivity index (χ2v) is 7.51. The van der Waals surface area contributed by atoms with E-state index in [1.165, 1.54) is 0 Å². The Morgan fingerprint density at radius 2 is 2.00 bits per heavy atom. The Balaban J connectivity index is 1.61. The smallest absolute Gasteiger partial charge is 0.206 e. The van der Waals surface area contributed by atoms with Crippen LogP contribution in [0.3, 0.4) is 0 Å². The van der Waals surface area contributed by atoms with Crippen LogP contribution in [0.4, 0.5) is 17.5 Å². The van der Waals surface area contributed by atoms with Crippen LogP contribution in [0.2, 0.25) is 5.02 Å². The number of likely N-dealkylation sites (N-methyl/N-ethyl adjacent to an activating group) is 1. The van der Waals surface area contributed by atoms with Crippen molar-refractivity contribution in [2.24, 2.45) is 0 Å². The highest BCUT2D eigenvalue weighted by Gasteiger charge is 2.17. The van der Waals surface area contributed by atoms with Crippen LogP contribution in [0.15, 0.2) is 34.9 Å². The van der Waals surface area contributed by atoms with E-state index in [0.29, 0.717) is 11.0 Å². The zero-order valence-corrected chi connectivity index (χ0v) is 16.1. The molecule has 4 rings (SSSR count). The average molecular weight is 422 g/mol. The zero-order chi connectivity index (χ0) is 17.4. The number of pyridine rings is 1. The summed E-state index contributed by atoms with van der Waals surface area (Å²) in [5.74, 6) is 1.35. The molecule has 0 amide bonds. The van der Waals surface area contributed by atoms with E-state index in [1.807, 2.05) is 18.2 Å². The van der Waals surface area contributed by atoms with Crippen molar-refractivity contribution in [3.05, 3.63) is 40.0 Å². The summed E-state index contributed by atoms with van der Waals surface area (Å²) in [7, 11) is 2.15. The fourth-order valence-electron chi connectivity index (χ4n) is 2.94. The number of aromatic nitrogens is 3. The number of hydrogen-bond acceptors (Lipinski definition) is 5. The van der Waals surface area contributed by atoms with Gasteiger partial charge in [-0.2, -0.15) is 0 Å². The topological polar surface area (TPSA) is 60.1 Å². The SMILES string of the molecule is CN1CCN(c2cc(Cl)c3nc(Nc4ccc(Br)cn4)[nH]c3c2)CC1. The summed E-state index contributed by atoms with van der Waals surface area (Å²) in [5, 5.41) is 3.83. The molecule has 1 fully saturated rings. The number of H-pyrrole nitrogens is 1. The Morgan fingerprint density at radius 1 is 1.20 bits per heavy atom. The van der Waals surface area contributed by atoms with Crippen molar-refractivity contribution < 1.29 is 0 Å². The molecule has 6 nitrogen and oxygen atoms in total. The van der Waals surface area contributed by atoms with Crippen molar-refractivity contribution in [2.45, 2.75) is 0 Å². The number of nitrogens with zero attached hydrogens (tertiary/aromatic N) is 4. The third-order valence-electron chi connectivity index (χ3n) is 4.37. The lowest BCUT2D eigenvalue weighted by molar-refractivity contribution is 0.313. The molecule has 0 aliphatic carbocycles. The van der Waals surface area contributed by atoms with Gasteiger partial charge in [0.05, 0.1) is 10.5 Å². The molecule has 1 saturated heterocycles. The van der Waals surface area contributed by atoms with Crippen LogP contribution >= 0.6 is 27.5 Å². The van der Waals surface area contributed by atoms with Crippen molar-refractivity contribution in [2.75, 3.05) is 43.4 Å². The van der Waals surface area contributed by atoms with Crippen LogP contribution in [0, 0.1) is 0 Å². The monoisotopic (exact) mass is 420 g/mol. The first-order chi connectivity index (χ1) is 12.1. The van der Waals surface area contributed by atoms with E-state index < -0.39 is 0 Å². The zero-order valence-electron chi connectivity index (χ0n) is 13.8. The van der Waals surface area contributed by atoms with E-state index in [9.17, 15) is 0 Å². The van der Waals surface area contributed by atoms with E-state index in [1.54, 1.807) is 6.20 Å². The van der Waals surface area contributed by atoms with Crippen LogP contribution in [0.5, 0.6) is 0 Å². The van der Waals surface area contributed by atoms with Crippen LogP contribution in [-0.4, -0.2) is 53.1 Å². The van der Waals surface area contributed by atoms with Gasteiger partial charge in [-0.3, -0.25) is 0 Å². The number of fused-ring (bicyclic) bond motifs is 1. The lowest BCUT2D eigenvalue weighted by Crippen LogP contribution is -2.44. The molecule has 25 heavy (non-hydrogen) atoms. The van der Waals surface area contributed by atoms with Crippen LogP contribution in [0.1, 0.15) is 0 Å². The first kappa shape index (κ1) is 16.6. The molecular formula is C17H18BrClN6. The highest BCUT2D eigenvalue weighted by Crippen LogP contribution is 2.30. The lowest BCUT2D eigenvalue weighted by atomic mass is 10.2. The number of piperazine rings is 1. The molecule has 2 N–H and O–H groups in total. The maximum absolute atomic E-state index is 6.48. The minimum atomic E-state index is 0.627. The van der Waals surface area contributed by atoms with Crippen LogP contribution in [-0.2, 0) is 0 Å². The third-order valence-corrected chi connectivity index (χ3v) is 5.12. The van der Waals surface area contributed by atoms with E-state index >= 15 is 0 Å². The van der Waals surface area contributed by atoms with Gasteiger partial charge < -0.3 is 20.1 Å². The minimum Gasteiger partial charge on any atom is -0.369 e. The van der Waals surface area contributed by atoms with Gasteiger partial charge in [0.25, 0.3) is 0 Å². The summed E-state index contributed by atoms with van der Waals surface area (Å²) >= 11 is 9.86. The van der Waals surface area contributed by atoms with Gasteiger partial charge in [-0.1, -0.05) is 11.6 Å². The Bertz CT molecular complexity index is 886. The summed E-state index contributed by atoms with van der Waals surface area (Å²) < 4.78 is 0.933. The number of imidazole rings is 1. The van der Waals surface area contributed by atoms with Gasteiger partial charge >= 0.3 is 0 Å². The number of anilines is 3. The van der Waals surface area contributed by atoms with Crippen molar-refractivity contribution in [3.8, 4) is 0 Å². The standard InChI is InChI=1S/C17H18BrClN6/c1-24-4-6-25(7-5-24)12-8-13(19)16-14(9-12)21-17(23-16)22-15-3-2-11(18)10-20-15/h2-3,8-10H,4-7H2,1H3,(H2,20,21,22,23). The van der Waals surface area contributed by atoms with Crippen molar-refractivity contribution in [3.63, 3.8) is 0 Å². The summed E-state index contributed by atoms with van der Waals surface area (Å²) in [6.07, 6.45) is 1.74. The predicted molar refractivity (Wildman–Crippen MR) is 106 cm³/mol. The van der Waals surface area contributed by atoms with E-state index in [2.05, 4.69) is 59.1 Å². The molecule has 130 valence electrons. The molecule has 3 heterocycles. The molecule has 0 spiro atoms. The molecule has 0 atom stereocenters. The van der Waals surface area contributed by atoms with E-state index in [-0.39, 0.29) is 0 Å². The van der Waals surface area contributed by atoms with E-state index in [0.717, 1.165) is 53.2 Å². The van der Waals surface area contributed by atoms with Gasteiger partial charge in [-0.25, -0.2) is 9.97 Å². The molecular weight excluding hydrogens is 404 g/mol. The normalized spacial score (nSPS) is 15.7. The lowest BCUT2D eigenvalue weighted by Gasteiger charge is -2.34. The quantitative estimate of drug-likeness (QED) is 0.672. The Kier molecular flexibility index (Phi) is 4.54. The Morgan fingerprint density at radius 3 is 2.72 bits per heavy atom. The molecule has 8 heteroatoms. The van der Waals surface area contributed by atoms with Gasteiger partial charge in [0, 0.05) is 42.5 Å². The van der Waals surface area contributed by atoms with Crippen molar-refractivity contribution >= 4 is 56.0 Å². The maximum Gasteiger partial charge on any atom is 0.206 e. The van der Waals surface area contributed by atoms with Crippen molar-refractivity contribution in [1.29, 1.82) is 0 Å². The van der Waals surface area contributed by atoms with E-state index in [4.69, 9.17) is 11.6 Å². The number of rotatable bonds is 3. The Labute approximate surface area is 159 Å². The summed E-state index contributed by atoms with van der Waals surface area (Å²) in [4.78, 5) is 16.8. The van der Waals surface area contributed by atoms with Gasteiger partial charge in [0.1, 0.15) is 11.3 Å². The van der Waals surface area contributed by atoms with Gasteiger partial charge in [-0.15, -0.1) is 0 Å². The number of hydrogen-bond donors (Lipinski definition) is 2. The Hall–Kier alpha value is -1.83. The fraction of sp³-hybridized carbons (Fsp3) is 0.294. The highest BCUT2D eigenvalue weighted by atomic mass is 79.9. The van der Waals surface area contributed by atoms with Gasteiger partial charge in [-0.05, 0) is 47.2 Å². The first-order valence-electron chi connectivity index (χ1n) is 8.10. The van der Waals surface area contributed by atoms with Crippen LogP contribution in [0.25, 0.3) is 11.0 Å². The molecule has 0 unspecified atom stereocenters. The van der Waals surface area contributed by atoms with Gasteiger partial charge in [0.15, 0.2) is 0 Å². The number of benzene rings is 1. The minimum absolute atomic E-state index is 0.627. The highest BCUT2D eigenvalue weighted by molar-refractivity contribution is 9.10. The summed E-state index contributed by atoms with van der Waals surface area (Å²) in [6, 6.07) is 7.92. The molecule has 1 aliphatic heterocycles. The largest absolute Gasteiger partial charge is 0.369 e. The predicted octanol–water partition coefficient (Wildman–Crippen LogP) is 3.87. The molecule has 1 aliphatic rings. The second-order valence-electron chi connectivity index (χ2n) is 6.19. The summed E-state index contributed by atoms with van der Waals surface area (Å²) in [5.41, 5.74) is 2.81. The fourth-order valence-corrected chi connectivity index (χ4v) is 3.43. The maximum atomic E-state index is 6.48.